The van der Waals surface area contributed by atoms with E-state index in [9.17, 15) is 14.3 Å². The molecule has 0 bridgehead atoms. The second-order valence-electron chi connectivity index (χ2n) is 5.42. The van der Waals surface area contributed by atoms with Crippen molar-refractivity contribution in [2.24, 2.45) is 0 Å². The SMILES string of the molecule is C=C(C(=O)O)c1cc2c(Nc3ccc(Cl)c(Cl)c3F)ncnc2cc1OC. The summed E-state index contributed by atoms with van der Waals surface area (Å²) in [6.45, 7) is 3.56. The summed E-state index contributed by atoms with van der Waals surface area (Å²) < 4.78 is 19.6. The van der Waals surface area contributed by atoms with Crippen molar-refractivity contribution in [2.75, 3.05) is 12.4 Å². The number of methoxy groups -OCH3 is 1. The first-order valence-electron chi connectivity index (χ1n) is 7.49. The lowest BCUT2D eigenvalue weighted by atomic mass is 10.0. The van der Waals surface area contributed by atoms with E-state index >= 15 is 0 Å². The normalized spacial score (nSPS) is 10.7. The Morgan fingerprint density at radius 1 is 1.30 bits per heavy atom. The molecule has 1 heterocycles. The van der Waals surface area contributed by atoms with Crippen molar-refractivity contribution in [3.8, 4) is 5.75 Å². The summed E-state index contributed by atoms with van der Waals surface area (Å²) in [5.74, 6) is -1.39. The van der Waals surface area contributed by atoms with Crippen LogP contribution in [0.1, 0.15) is 5.56 Å². The van der Waals surface area contributed by atoms with E-state index in [1.165, 1.54) is 31.6 Å². The van der Waals surface area contributed by atoms with Gasteiger partial charge in [-0.25, -0.2) is 19.2 Å². The lowest BCUT2D eigenvalue weighted by Gasteiger charge is -2.13. The number of anilines is 2. The van der Waals surface area contributed by atoms with E-state index in [2.05, 4.69) is 21.9 Å². The van der Waals surface area contributed by atoms with Crippen molar-refractivity contribution >= 4 is 57.2 Å². The molecule has 27 heavy (non-hydrogen) atoms. The second kappa shape index (κ2) is 7.38. The number of aliphatic carboxylic acids is 1. The lowest BCUT2D eigenvalue weighted by Crippen LogP contribution is -2.03. The van der Waals surface area contributed by atoms with E-state index in [0.29, 0.717) is 16.7 Å². The maximum atomic E-state index is 14.3. The van der Waals surface area contributed by atoms with Crippen LogP contribution in [-0.2, 0) is 4.79 Å². The Morgan fingerprint density at radius 2 is 2.04 bits per heavy atom. The first-order chi connectivity index (χ1) is 12.8. The molecule has 0 unspecified atom stereocenters. The van der Waals surface area contributed by atoms with Crippen LogP contribution in [0, 0.1) is 5.82 Å². The summed E-state index contributed by atoms with van der Waals surface area (Å²) in [4.78, 5) is 19.6. The van der Waals surface area contributed by atoms with Crippen molar-refractivity contribution in [1.82, 2.24) is 9.97 Å². The first kappa shape index (κ1) is 18.9. The van der Waals surface area contributed by atoms with Crippen LogP contribution in [0.25, 0.3) is 16.5 Å². The summed E-state index contributed by atoms with van der Waals surface area (Å²) in [5, 5.41) is 12.4. The van der Waals surface area contributed by atoms with Crippen LogP contribution in [0.5, 0.6) is 5.75 Å². The molecule has 0 amide bonds. The Balaban J connectivity index is 2.17. The van der Waals surface area contributed by atoms with Gasteiger partial charge in [0.2, 0.25) is 0 Å². The number of nitrogens with zero attached hydrogens (tertiary/aromatic N) is 2. The number of halogens is 3. The number of rotatable bonds is 5. The Bertz CT molecular complexity index is 1090. The van der Waals surface area contributed by atoms with Gasteiger partial charge in [-0.15, -0.1) is 0 Å². The van der Waals surface area contributed by atoms with Crippen LogP contribution in [0.15, 0.2) is 37.2 Å². The number of hydrogen-bond acceptors (Lipinski definition) is 5. The predicted molar refractivity (Wildman–Crippen MR) is 102 cm³/mol. The van der Waals surface area contributed by atoms with E-state index in [1.807, 2.05) is 0 Å². The van der Waals surface area contributed by atoms with Gasteiger partial charge in [0.05, 0.1) is 33.9 Å². The number of ether oxygens (including phenoxy) is 1. The maximum Gasteiger partial charge on any atom is 0.335 e. The zero-order valence-corrected chi connectivity index (χ0v) is 15.4. The molecular weight excluding hydrogens is 396 g/mol. The summed E-state index contributed by atoms with van der Waals surface area (Å²) in [7, 11) is 1.41. The van der Waals surface area contributed by atoms with Crippen LogP contribution < -0.4 is 10.1 Å². The number of aromatic nitrogens is 2. The number of carbonyl (C=O) groups is 1. The predicted octanol–water partition coefficient (Wildman–Crippen LogP) is 4.93. The molecule has 0 aliphatic rings. The third-order valence-electron chi connectivity index (χ3n) is 3.83. The minimum atomic E-state index is -1.20. The molecule has 0 aliphatic heterocycles. The van der Waals surface area contributed by atoms with E-state index in [1.54, 1.807) is 6.07 Å². The fourth-order valence-electron chi connectivity index (χ4n) is 2.45. The molecule has 3 rings (SSSR count). The number of hydrogen-bond donors (Lipinski definition) is 2. The third-order valence-corrected chi connectivity index (χ3v) is 4.61. The van der Waals surface area contributed by atoms with Crippen molar-refractivity contribution in [3.05, 3.63) is 58.6 Å². The van der Waals surface area contributed by atoms with Gasteiger partial charge in [0.25, 0.3) is 0 Å². The summed E-state index contributed by atoms with van der Waals surface area (Å²) in [6.07, 6.45) is 1.28. The van der Waals surface area contributed by atoms with Crippen LogP contribution in [0.2, 0.25) is 10.0 Å². The van der Waals surface area contributed by atoms with Crippen LogP contribution in [0.3, 0.4) is 0 Å². The zero-order chi connectivity index (χ0) is 19.7. The molecule has 0 aliphatic carbocycles. The zero-order valence-electron chi connectivity index (χ0n) is 13.9. The molecule has 0 saturated heterocycles. The van der Waals surface area contributed by atoms with Gasteiger partial charge in [0.15, 0.2) is 5.82 Å². The van der Waals surface area contributed by atoms with Gasteiger partial charge in [-0.1, -0.05) is 29.8 Å². The molecule has 2 N–H and O–H groups in total. The average Bonchev–Trinajstić information content (AvgIpc) is 2.66. The molecule has 3 aromatic rings. The molecule has 9 heteroatoms. The number of fused-ring (bicyclic) bond motifs is 1. The smallest absolute Gasteiger partial charge is 0.335 e. The molecule has 0 fully saturated rings. The van der Waals surface area contributed by atoms with Gasteiger partial charge < -0.3 is 15.2 Å². The Kier molecular flexibility index (Phi) is 5.16. The van der Waals surface area contributed by atoms with Crippen molar-refractivity contribution in [2.45, 2.75) is 0 Å². The second-order valence-corrected chi connectivity index (χ2v) is 6.21. The number of carboxylic acid groups (broad SMARTS) is 1. The fraction of sp³-hybridized carbons (Fsp3) is 0.0556. The molecule has 138 valence electrons. The topological polar surface area (TPSA) is 84.3 Å². The highest BCUT2D eigenvalue weighted by molar-refractivity contribution is 6.42. The molecule has 1 aromatic heterocycles. The first-order valence-corrected chi connectivity index (χ1v) is 8.25. The molecule has 2 aromatic carbocycles. The molecule has 0 radical (unpaired) electrons. The Morgan fingerprint density at radius 3 is 2.70 bits per heavy atom. The van der Waals surface area contributed by atoms with Gasteiger partial charge in [0.1, 0.15) is 17.9 Å². The summed E-state index contributed by atoms with van der Waals surface area (Å²) in [5.41, 5.74) is 0.611. The number of carboxylic acids is 1. The highest BCUT2D eigenvalue weighted by Gasteiger charge is 2.18. The van der Waals surface area contributed by atoms with E-state index in [4.69, 9.17) is 27.9 Å². The van der Waals surface area contributed by atoms with Crippen LogP contribution >= 0.6 is 23.2 Å². The fourth-order valence-corrected chi connectivity index (χ4v) is 2.76. The van der Waals surface area contributed by atoms with Crippen molar-refractivity contribution in [1.29, 1.82) is 0 Å². The summed E-state index contributed by atoms with van der Waals surface area (Å²) >= 11 is 11.6. The highest BCUT2D eigenvalue weighted by atomic mass is 35.5. The molecule has 6 nitrogen and oxygen atoms in total. The standard InChI is InChI=1S/C18H12Cl2FN3O3/c1-8(18(25)26)9-5-10-13(6-14(9)27-2)22-7-23-17(10)24-12-4-3-11(19)15(20)16(12)21/h3-7H,1H2,2H3,(H,25,26)(H,22,23,24). The van der Waals surface area contributed by atoms with Crippen molar-refractivity contribution in [3.63, 3.8) is 0 Å². The van der Waals surface area contributed by atoms with Gasteiger partial charge in [-0.05, 0) is 18.2 Å². The van der Waals surface area contributed by atoms with Gasteiger partial charge in [0, 0.05) is 17.0 Å². The quantitative estimate of drug-likeness (QED) is 0.460. The lowest BCUT2D eigenvalue weighted by molar-refractivity contribution is -0.130. The molecule has 0 saturated carbocycles. The Labute approximate surface area is 163 Å². The monoisotopic (exact) mass is 407 g/mol. The maximum absolute atomic E-state index is 14.3. The highest BCUT2D eigenvalue weighted by Crippen LogP contribution is 2.35. The summed E-state index contributed by atoms with van der Waals surface area (Å²) in [6, 6.07) is 5.93. The largest absolute Gasteiger partial charge is 0.496 e. The van der Waals surface area contributed by atoms with Crippen molar-refractivity contribution < 1.29 is 19.0 Å². The van der Waals surface area contributed by atoms with Gasteiger partial charge in [-0.2, -0.15) is 0 Å². The number of benzene rings is 2. The Hall–Kier alpha value is -2.90. The molecule has 0 spiro atoms. The van der Waals surface area contributed by atoms with E-state index < -0.39 is 11.8 Å². The average molecular weight is 408 g/mol. The van der Waals surface area contributed by atoms with Crippen LogP contribution in [0.4, 0.5) is 15.9 Å². The molecule has 0 atom stereocenters. The minimum absolute atomic E-state index is 0.0545. The van der Waals surface area contributed by atoms with Crippen LogP contribution in [-0.4, -0.2) is 28.2 Å². The van der Waals surface area contributed by atoms with Gasteiger partial charge >= 0.3 is 5.97 Å². The third kappa shape index (κ3) is 3.51. The van der Waals surface area contributed by atoms with Gasteiger partial charge in [-0.3, -0.25) is 0 Å². The minimum Gasteiger partial charge on any atom is -0.496 e. The number of nitrogens with one attached hydrogen (secondary N) is 1. The van der Waals surface area contributed by atoms with E-state index in [-0.39, 0.29) is 32.7 Å². The van der Waals surface area contributed by atoms with E-state index in [0.717, 1.165) is 0 Å². The molecular formula is C18H12Cl2FN3O3.